The van der Waals surface area contributed by atoms with Crippen molar-refractivity contribution in [1.82, 2.24) is 4.98 Å². The summed E-state index contributed by atoms with van der Waals surface area (Å²) in [4.78, 5) is 27.7. The summed E-state index contributed by atoms with van der Waals surface area (Å²) >= 11 is 0. The molecule has 4 aromatic rings. The van der Waals surface area contributed by atoms with E-state index in [1.54, 1.807) is 60.8 Å². The number of ether oxygens (including phenoxy) is 2. The second-order valence-corrected chi connectivity index (χ2v) is 6.42. The van der Waals surface area contributed by atoms with Gasteiger partial charge in [-0.1, -0.05) is 36.4 Å². The van der Waals surface area contributed by atoms with E-state index in [1.807, 2.05) is 6.07 Å². The maximum absolute atomic E-state index is 12.6. The first kappa shape index (κ1) is 19.1. The van der Waals surface area contributed by atoms with Crippen LogP contribution in [0, 0.1) is 10.1 Å². The number of aromatic nitrogens is 1. The third-order valence-corrected chi connectivity index (χ3v) is 4.61. The number of fused-ring (bicyclic) bond motifs is 1. The number of hydrogen-bond acceptors (Lipinski definition) is 6. The van der Waals surface area contributed by atoms with E-state index >= 15 is 0 Å². The molecule has 0 bridgehead atoms. The molecule has 148 valence electrons. The Morgan fingerprint density at radius 3 is 2.50 bits per heavy atom. The molecule has 0 aliphatic carbocycles. The first-order chi connectivity index (χ1) is 14.6. The van der Waals surface area contributed by atoms with Crippen LogP contribution < -0.4 is 9.47 Å². The van der Waals surface area contributed by atoms with Crippen molar-refractivity contribution in [3.05, 3.63) is 94.7 Å². The summed E-state index contributed by atoms with van der Waals surface area (Å²) in [6, 6.07) is 20.1. The molecule has 0 fully saturated rings. The van der Waals surface area contributed by atoms with Crippen LogP contribution in [-0.2, 0) is 0 Å². The monoisotopic (exact) mass is 400 g/mol. The van der Waals surface area contributed by atoms with E-state index in [1.165, 1.54) is 19.2 Å². The third-order valence-electron chi connectivity index (χ3n) is 4.61. The quantitative estimate of drug-likeness (QED) is 0.202. The van der Waals surface area contributed by atoms with Crippen LogP contribution >= 0.6 is 0 Å². The van der Waals surface area contributed by atoms with Crippen LogP contribution in [-0.4, -0.2) is 23.0 Å². The van der Waals surface area contributed by atoms with Crippen molar-refractivity contribution >= 4 is 22.4 Å². The van der Waals surface area contributed by atoms with E-state index in [9.17, 15) is 14.9 Å². The molecule has 0 radical (unpaired) electrons. The second-order valence-electron chi connectivity index (χ2n) is 6.42. The molecule has 0 aliphatic heterocycles. The Morgan fingerprint density at radius 1 is 1.00 bits per heavy atom. The number of nitro benzene ring substituents is 1. The zero-order valence-electron chi connectivity index (χ0n) is 15.9. The average Bonchev–Trinajstić information content (AvgIpc) is 2.79. The first-order valence-electron chi connectivity index (χ1n) is 9.06. The highest BCUT2D eigenvalue weighted by molar-refractivity contribution is 6.04. The smallest absolute Gasteiger partial charge is 0.343 e. The largest absolute Gasteiger partial charge is 0.481 e. The highest BCUT2D eigenvalue weighted by Gasteiger charge is 2.18. The molecule has 0 atom stereocenters. The van der Waals surface area contributed by atoms with E-state index in [-0.39, 0.29) is 5.69 Å². The van der Waals surface area contributed by atoms with Gasteiger partial charge in [-0.3, -0.25) is 10.1 Å². The molecule has 4 rings (SSSR count). The molecule has 30 heavy (non-hydrogen) atoms. The van der Waals surface area contributed by atoms with Gasteiger partial charge in [-0.05, 0) is 29.8 Å². The van der Waals surface area contributed by atoms with Gasteiger partial charge in [0.15, 0.2) is 0 Å². The average molecular weight is 400 g/mol. The molecule has 0 saturated carbocycles. The van der Waals surface area contributed by atoms with Crippen LogP contribution in [0.15, 0.2) is 79.0 Å². The van der Waals surface area contributed by atoms with E-state index in [4.69, 9.17) is 9.47 Å². The maximum atomic E-state index is 12.6. The van der Waals surface area contributed by atoms with Gasteiger partial charge in [-0.2, -0.15) is 0 Å². The summed E-state index contributed by atoms with van der Waals surface area (Å²) in [6.45, 7) is 0. The van der Waals surface area contributed by atoms with Gasteiger partial charge >= 0.3 is 5.97 Å². The zero-order chi connectivity index (χ0) is 21.1. The first-order valence-corrected chi connectivity index (χ1v) is 9.06. The minimum Gasteiger partial charge on any atom is -0.481 e. The summed E-state index contributed by atoms with van der Waals surface area (Å²) < 4.78 is 11.1. The molecule has 0 saturated heterocycles. The van der Waals surface area contributed by atoms with Crippen LogP contribution in [0.4, 0.5) is 5.69 Å². The van der Waals surface area contributed by atoms with Crippen molar-refractivity contribution in [3.63, 3.8) is 0 Å². The standard InChI is InChI=1S/C23H16N2O5/c1-29-22-18-11-6-12-20(30-23(26)15-7-3-2-4-8-15)21(18)19(14-24-22)16-9-5-10-17(13-16)25(27)28/h2-14H,1H3. The Balaban J connectivity index is 1.90. The van der Waals surface area contributed by atoms with E-state index < -0.39 is 10.9 Å². The molecule has 0 N–H and O–H groups in total. The second kappa shape index (κ2) is 8.00. The van der Waals surface area contributed by atoms with Crippen LogP contribution in [0.3, 0.4) is 0 Å². The molecule has 7 heteroatoms. The van der Waals surface area contributed by atoms with Crippen LogP contribution in [0.25, 0.3) is 21.9 Å². The molecule has 1 aromatic heterocycles. The Labute approximate surface area is 171 Å². The number of non-ortho nitro benzene ring substituents is 1. The number of carbonyl (C=O) groups is 1. The highest BCUT2D eigenvalue weighted by Crippen LogP contribution is 2.39. The normalized spacial score (nSPS) is 10.6. The Morgan fingerprint density at radius 2 is 1.77 bits per heavy atom. The van der Waals surface area contributed by atoms with E-state index in [0.29, 0.717) is 39.1 Å². The summed E-state index contributed by atoms with van der Waals surface area (Å²) in [5.74, 6) is 0.157. The number of benzene rings is 3. The van der Waals surface area contributed by atoms with Gasteiger partial charge in [-0.25, -0.2) is 9.78 Å². The molecular formula is C23H16N2O5. The Bertz CT molecular complexity index is 1260. The van der Waals surface area contributed by atoms with E-state index in [0.717, 1.165) is 0 Å². The summed E-state index contributed by atoms with van der Waals surface area (Å²) in [6.07, 6.45) is 1.56. The van der Waals surface area contributed by atoms with Gasteiger partial charge in [-0.15, -0.1) is 0 Å². The summed E-state index contributed by atoms with van der Waals surface area (Å²) in [5.41, 5.74) is 1.53. The van der Waals surface area contributed by atoms with Crippen LogP contribution in [0.5, 0.6) is 11.6 Å². The van der Waals surface area contributed by atoms with Crippen molar-refractivity contribution in [1.29, 1.82) is 0 Å². The summed E-state index contributed by atoms with van der Waals surface area (Å²) in [7, 11) is 1.50. The van der Waals surface area contributed by atoms with Gasteiger partial charge in [0, 0.05) is 34.7 Å². The number of methoxy groups -OCH3 is 1. The lowest BCUT2D eigenvalue weighted by atomic mass is 9.99. The van der Waals surface area contributed by atoms with Gasteiger partial charge < -0.3 is 9.47 Å². The number of hydrogen-bond donors (Lipinski definition) is 0. The lowest BCUT2D eigenvalue weighted by Gasteiger charge is -2.14. The fraction of sp³-hybridized carbons (Fsp3) is 0.0435. The Kier molecular flexibility index (Phi) is 5.09. The SMILES string of the molecule is COc1ncc(-c2cccc([N+](=O)[O-])c2)c2c(OC(=O)c3ccccc3)cccc12. The number of carbonyl (C=O) groups excluding carboxylic acids is 1. The molecule has 0 amide bonds. The van der Waals surface area contributed by atoms with Gasteiger partial charge in [0.05, 0.1) is 17.6 Å². The fourth-order valence-corrected chi connectivity index (χ4v) is 3.23. The number of nitro groups is 1. The van der Waals surface area contributed by atoms with Crippen molar-refractivity contribution in [2.45, 2.75) is 0 Å². The van der Waals surface area contributed by atoms with Gasteiger partial charge in [0.1, 0.15) is 5.75 Å². The third kappa shape index (κ3) is 3.56. The number of esters is 1. The molecule has 0 aliphatic rings. The van der Waals surface area contributed by atoms with Crippen LogP contribution in [0.1, 0.15) is 10.4 Å². The summed E-state index contributed by atoms with van der Waals surface area (Å²) in [5, 5.41) is 12.4. The zero-order valence-corrected chi connectivity index (χ0v) is 15.9. The lowest BCUT2D eigenvalue weighted by Crippen LogP contribution is -2.08. The molecule has 0 unspecified atom stereocenters. The predicted molar refractivity (Wildman–Crippen MR) is 112 cm³/mol. The minimum absolute atomic E-state index is 0.0461. The topological polar surface area (TPSA) is 91.6 Å². The maximum Gasteiger partial charge on any atom is 0.343 e. The molecular weight excluding hydrogens is 384 g/mol. The van der Waals surface area contributed by atoms with Crippen molar-refractivity contribution in [2.75, 3.05) is 7.11 Å². The van der Waals surface area contributed by atoms with Crippen molar-refractivity contribution in [2.24, 2.45) is 0 Å². The molecule has 1 heterocycles. The molecule has 7 nitrogen and oxygen atoms in total. The van der Waals surface area contributed by atoms with Crippen molar-refractivity contribution in [3.8, 4) is 22.8 Å². The Hall–Kier alpha value is -4.26. The van der Waals surface area contributed by atoms with Crippen LogP contribution in [0.2, 0.25) is 0 Å². The molecule has 3 aromatic carbocycles. The predicted octanol–water partition coefficient (Wildman–Crippen LogP) is 5.04. The number of nitrogens with zero attached hydrogens (tertiary/aromatic N) is 2. The van der Waals surface area contributed by atoms with Crippen molar-refractivity contribution < 1.29 is 19.2 Å². The number of rotatable bonds is 5. The van der Waals surface area contributed by atoms with E-state index in [2.05, 4.69) is 4.98 Å². The molecule has 0 spiro atoms. The fourth-order valence-electron chi connectivity index (χ4n) is 3.23. The van der Waals surface area contributed by atoms with Gasteiger partial charge in [0.2, 0.25) is 5.88 Å². The lowest BCUT2D eigenvalue weighted by molar-refractivity contribution is -0.384. The number of pyridine rings is 1. The highest BCUT2D eigenvalue weighted by atomic mass is 16.6. The van der Waals surface area contributed by atoms with Gasteiger partial charge in [0.25, 0.3) is 5.69 Å². The minimum atomic E-state index is -0.510.